The average Bonchev–Trinajstić information content (AvgIpc) is 2.79. The van der Waals surface area contributed by atoms with Gasteiger partial charge in [-0.1, -0.05) is 68.8 Å². The van der Waals surface area contributed by atoms with Gasteiger partial charge in [-0.2, -0.15) is 0 Å². The number of hydrogen-bond acceptors (Lipinski definition) is 4. The molecule has 34 heavy (non-hydrogen) atoms. The molecule has 6 nitrogen and oxygen atoms in total. The number of anilines is 2. The van der Waals surface area contributed by atoms with E-state index in [-0.39, 0.29) is 22.3 Å². The summed E-state index contributed by atoms with van der Waals surface area (Å²) in [6, 6.07) is 19.6. The van der Waals surface area contributed by atoms with Gasteiger partial charge in [0, 0.05) is 11.6 Å². The molecule has 0 heterocycles. The molecular weight excluding hydrogens is 468 g/mol. The fourth-order valence-corrected chi connectivity index (χ4v) is 3.80. The Kier molecular flexibility index (Phi) is 7.59. The van der Waals surface area contributed by atoms with Crippen LogP contribution in [0.15, 0.2) is 66.7 Å². The number of thiocarbonyl (C=S) groups is 1. The van der Waals surface area contributed by atoms with E-state index in [1.165, 1.54) is 12.0 Å². The number of ether oxygens (including phenoxy) is 1. The zero-order valence-electron chi connectivity index (χ0n) is 19.5. The Labute approximate surface area is 210 Å². The summed E-state index contributed by atoms with van der Waals surface area (Å²) in [5, 5.41) is 11.9. The highest BCUT2D eigenvalue weighted by atomic mass is 35.5. The van der Waals surface area contributed by atoms with Gasteiger partial charge in [-0.05, 0) is 47.5 Å². The van der Waals surface area contributed by atoms with E-state index in [0.29, 0.717) is 33.3 Å². The smallest absolute Gasteiger partial charge is 0.257 e. The lowest BCUT2D eigenvalue weighted by atomic mass is 9.86. The largest absolute Gasteiger partial charge is 0.494 e. The van der Waals surface area contributed by atoms with Gasteiger partial charge in [-0.25, -0.2) is 0 Å². The van der Waals surface area contributed by atoms with Crippen molar-refractivity contribution in [2.24, 2.45) is 5.73 Å². The Morgan fingerprint density at radius 3 is 2.29 bits per heavy atom. The highest BCUT2D eigenvalue weighted by Crippen LogP contribution is 2.32. The molecule has 0 saturated heterocycles. The number of carbonyl (C=O) groups is 1. The first-order chi connectivity index (χ1) is 16.0. The van der Waals surface area contributed by atoms with Crippen LogP contribution in [0.2, 0.25) is 5.02 Å². The second-order valence-corrected chi connectivity index (χ2v) is 9.49. The van der Waals surface area contributed by atoms with Gasteiger partial charge in [-0.15, -0.1) is 0 Å². The summed E-state index contributed by atoms with van der Waals surface area (Å²) in [4.78, 5) is 14.1. The third-order valence-corrected chi connectivity index (χ3v) is 5.79. The fourth-order valence-electron chi connectivity index (χ4n) is 3.38. The summed E-state index contributed by atoms with van der Waals surface area (Å²) >= 11 is 11.4. The van der Waals surface area contributed by atoms with E-state index in [0.717, 1.165) is 5.56 Å². The van der Waals surface area contributed by atoms with Crippen LogP contribution in [-0.2, 0) is 5.41 Å². The van der Waals surface area contributed by atoms with Crippen LogP contribution in [0.1, 0.15) is 42.3 Å². The molecule has 4 N–H and O–H groups in total. The van der Waals surface area contributed by atoms with Crippen molar-refractivity contribution < 1.29 is 9.53 Å². The summed E-state index contributed by atoms with van der Waals surface area (Å²) < 4.78 is 5.49. The van der Waals surface area contributed by atoms with Gasteiger partial charge in [0.05, 0.1) is 29.1 Å². The lowest BCUT2D eigenvalue weighted by Gasteiger charge is -2.25. The molecule has 3 rings (SSSR count). The molecule has 176 valence electrons. The number of benzene rings is 3. The number of amides is 1. The van der Waals surface area contributed by atoms with Crippen LogP contribution >= 0.6 is 23.8 Å². The van der Waals surface area contributed by atoms with Crippen LogP contribution in [0.4, 0.5) is 11.4 Å². The number of methoxy groups -OCH3 is 1. The first-order valence-electron chi connectivity index (χ1n) is 10.6. The number of amidine groups is 1. The fraction of sp³-hybridized carbons (Fsp3) is 0.192. The average molecular weight is 495 g/mol. The Morgan fingerprint density at radius 1 is 1.09 bits per heavy atom. The molecule has 0 aliphatic rings. The first kappa shape index (κ1) is 25.2. The molecule has 0 aromatic heterocycles. The minimum Gasteiger partial charge on any atom is -0.494 e. The van der Waals surface area contributed by atoms with E-state index in [1.54, 1.807) is 42.5 Å². The van der Waals surface area contributed by atoms with Gasteiger partial charge in [0.15, 0.2) is 5.11 Å². The summed E-state index contributed by atoms with van der Waals surface area (Å²) in [5.41, 5.74) is 9.15. The van der Waals surface area contributed by atoms with Crippen LogP contribution in [0.25, 0.3) is 0 Å². The van der Waals surface area contributed by atoms with Crippen LogP contribution in [0, 0.1) is 5.41 Å². The SMILES string of the molecule is COc1cc(N(C(=N)c2ccc(C(C)(C)C)cc2)C(N)=S)ccc1NC(=O)c1ccccc1Cl. The monoisotopic (exact) mass is 494 g/mol. The van der Waals surface area contributed by atoms with Crippen molar-refractivity contribution in [2.75, 3.05) is 17.3 Å². The second kappa shape index (κ2) is 10.2. The Hall–Kier alpha value is -3.42. The number of nitrogens with zero attached hydrogens (tertiary/aromatic N) is 1. The van der Waals surface area contributed by atoms with Gasteiger partial charge in [-0.3, -0.25) is 15.1 Å². The Balaban J connectivity index is 1.90. The standard InChI is InChI=1S/C26H27ClN4O2S/c1-26(2,3)17-11-9-16(10-12-17)23(28)31(25(29)34)18-13-14-21(22(15-18)33-4)30-24(32)19-7-5-6-8-20(19)27/h5-15,28H,1-4H3,(H2,29,34)(H,30,32). The maximum Gasteiger partial charge on any atom is 0.257 e. The van der Waals surface area contributed by atoms with E-state index >= 15 is 0 Å². The molecular formula is C26H27ClN4O2S. The third-order valence-electron chi connectivity index (χ3n) is 5.28. The van der Waals surface area contributed by atoms with Gasteiger partial charge in [0.25, 0.3) is 5.91 Å². The molecule has 0 spiro atoms. The van der Waals surface area contributed by atoms with Crippen molar-refractivity contribution in [3.05, 3.63) is 88.4 Å². The number of nitrogens with one attached hydrogen (secondary N) is 2. The molecule has 0 atom stereocenters. The van der Waals surface area contributed by atoms with Crippen molar-refractivity contribution in [1.29, 1.82) is 5.41 Å². The minimum atomic E-state index is -0.366. The molecule has 0 fully saturated rings. The van der Waals surface area contributed by atoms with Crippen LogP contribution in [0.3, 0.4) is 0 Å². The van der Waals surface area contributed by atoms with E-state index in [2.05, 4.69) is 26.1 Å². The first-order valence-corrected chi connectivity index (χ1v) is 11.3. The highest BCUT2D eigenvalue weighted by molar-refractivity contribution is 7.80. The maximum absolute atomic E-state index is 12.7. The number of nitrogens with two attached hydrogens (primary N) is 1. The van der Waals surface area contributed by atoms with Crippen LogP contribution < -0.4 is 20.7 Å². The van der Waals surface area contributed by atoms with Crippen molar-refractivity contribution >= 4 is 52.0 Å². The van der Waals surface area contributed by atoms with Gasteiger partial charge in [0.1, 0.15) is 11.6 Å². The summed E-state index contributed by atoms with van der Waals surface area (Å²) in [5.74, 6) is 0.146. The molecule has 3 aromatic rings. The Bertz CT molecular complexity index is 1240. The zero-order valence-corrected chi connectivity index (χ0v) is 21.1. The van der Waals surface area contributed by atoms with Gasteiger partial charge >= 0.3 is 0 Å². The number of rotatable bonds is 5. The van der Waals surface area contributed by atoms with Crippen molar-refractivity contribution in [3.8, 4) is 5.75 Å². The topological polar surface area (TPSA) is 91.4 Å². The summed E-state index contributed by atoms with van der Waals surface area (Å²) in [6.07, 6.45) is 0. The number of halogens is 1. The molecule has 0 aliphatic heterocycles. The van der Waals surface area contributed by atoms with E-state index in [4.69, 9.17) is 39.7 Å². The summed E-state index contributed by atoms with van der Waals surface area (Å²) in [6.45, 7) is 6.40. The minimum absolute atomic E-state index is 0.00118. The quantitative estimate of drug-likeness (QED) is 0.231. The summed E-state index contributed by atoms with van der Waals surface area (Å²) in [7, 11) is 1.49. The van der Waals surface area contributed by atoms with Crippen molar-refractivity contribution in [2.45, 2.75) is 26.2 Å². The molecule has 0 radical (unpaired) electrons. The Morgan fingerprint density at radius 2 is 1.74 bits per heavy atom. The molecule has 1 amide bonds. The van der Waals surface area contributed by atoms with Crippen LogP contribution in [-0.4, -0.2) is 24.0 Å². The van der Waals surface area contributed by atoms with E-state index in [1.807, 2.05) is 24.3 Å². The molecule has 8 heteroatoms. The van der Waals surface area contributed by atoms with E-state index in [9.17, 15) is 4.79 Å². The predicted octanol–water partition coefficient (Wildman–Crippen LogP) is 5.97. The molecule has 0 saturated carbocycles. The molecule has 3 aromatic carbocycles. The highest BCUT2D eigenvalue weighted by Gasteiger charge is 2.21. The molecule has 0 aliphatic carbocycles. The number of hydrogen-bond donors (Lipinski definition) is 3. The lowest BCUT2D eigenvalue weighted by Crippen LogP contribution is -2.40. The second-order valence-electron chi connectivity index (χ2n) is 8.67. The number of carbonyl (C=O) groups excluding carboxylic acids is 1. The maximum atomic E-state index is 12.7. The molecule has 0 unspecified atom stereocenters. The zero-order chi connectivity index (χ0) is 25.0. The third kappa shape index (κ3) is 5.55. The lowest BCUT2D eigenvalue weighted by molar-refractivity contribution is 0.102. The van der Waals surface area contributed by atoms with Gasteiger partial charge < -0.3 is 15.8 Å². The van der Waals surface area contributed by atoms with Crippen molar-refractivity contribution in [3.63, 3.8) is 0 Å². The predicted molar refractivity (Wildman–Crippen MR) is 144 cm³/mol. The normalized spacial score (nSPS) is 11.0. The molecule has 0 bridgehead atoms. The van der Waals surface area contributed by atoms with E-state index < -0.39 is 0 Å². The van der Waals surface area contributed by atoms with Gasteiger partial charge in [0.2, 0.25) is 0 Å². The van der Waals surface area contributed by atoms with Crippen LogP contribution in [0.5, 0.6) is 5.75 Å². The van der Waals surface area contributed by atoms with Crippen molar-refractivity contribution in [1.82, 2.24) is 0 Å².